The minimum absolute atomic E-state index is 0.0772. The minimum Gasteiger partial charge on any atom is -0.467 e. The van der Waals surface area contributed by atoms with Crippen LogP contribution in [-0.4, -0.2) is 15.5 Å². The number of nitrogens with one attached hydrogen (secondary N) is 1. The van der Waals surface area contributed by atoms with E-state index >= 15 is 0 Å². The van der Waals surface area contributed by atoms with E-state index in [9.17, 15) is 4.79 Å². The molecule has 0 fully saturated rings. The summed E-state index contributed by atoms with van der Waals surface area (Å²) in [5, 5.41) is 4.37. The number of hydrogen-bond donors (Lipinski definition) is 1. The van der Waals surface area contributed by atoms with Gasteiger partial charge in [-0.3, -0.25) is 0 Å². The lowest BCUT2D eigenvalue weighted by molar-refractivity contribution is 0.179. The van der Waals surface area contributed by atoms with Crippen molar-refractivity contribution in [2.75, 3.05) is 0 Å². The number of thiophene rings is 1. The van der Waals surface area contributed by atoms with Crippen LogP contribution in [-0.2, 0) is 25.9 Å². The van der Waals surface area contributed by atoms with Gasteiger partial charge in [-0.15, -0.1) is 11.3 Å². The number of carbonyl (C=O) groups excluding carboxylic acids is 1. The van der Waals surface area contributed by atoms with Crippen LogP contribution in [0, 0.1) is 0 Å². The second-order valence-corrected chi connectivity index (χ2v) is 9.56. The summed E-state index contributed by atoms with van der Waals surface area (Å²) in [5.41, 5.74) is 5.02. The summed E-state index contributed by atoms with van der Waals surface area (Å²) in [6.45, 7) is 0.978. The fraction of sp³-hybridized carbons (Fsp3) is 0.269. The maximum absolute atomic E-state index is 13.6. The number of rotatable bonds is 3. The van der Waals surface area contributed by atoms with Crippen LogP contribution >= 0.6 is 11.3 Å². The molecule has 162 valence electrons. The number of amides is 2. The summed E-state index contributed by atoms with van der Waals surface area (Å²) in [4.78, 5) is 17.1. The lowest BCUT2D eigenvalue weighted by Crippen LogP contribution is -2.41. The predicted octanol–water partition coefficient (Wildman–Crippen LogP) is 5.83. The molecule has 1 unspecified atom stereocenters. The number of benzene rings is 1. The molecule has 4 heterocycles. The first kappa shape index (κ1) is 19.4. The highest BCUT2D eigenvalue weighted by atomic mass is 32.1. The normalized spacial score (nSPS) is 17.2. The zero-order chi connectivity index (χ0) is 21.5. The molecule has 2 aliphatic rings. The summed E-state index contributed by atoms with van der Waals surface area (Å²) >= 11 is 1.91. The van der Waals surface area contributed by atoms with E-state index in [1.165, 1.54) is 33.8 Å². The van der Waals surface area contributed by atoms with Crippen molar-refractivity contribution in [2.24, 2.45) is 0 Å². The van der Waals surface area contributed by atoms with E-state index in [2.05, 4.69) is 40.3 Å². The molecule has 6 heteroatoms. The number of fused-ring (bicyclic) bond motifs is 5. The van der Waals surface area contributed by atoms with Crippen molar-refractivity contribution < 1.29 is 9.21 Å². The highest BCUT2D eigenvalue weighted by Crippen LogP contribution is 2.43. The van der Waals surface area contributed by atoms with Crippen LogP contribution in [0.4, 0.5) is 4.79 Å². The van der Waals surface area contributed by atoms with Crippen molar-refractivity contribution in [3.8, 4) is 5.00 Å². The lowest BCUT2D eigenvalue weighted by Gasteiger charge is -2.31. The van der Waals surface area contributed by atoms with Crippen LogP contribution in [0.15, 0.2) is 71.5 Å². The van der Waals surface area contributed by atoms with E-state index < -0.39 is 0 Å². The number of aryl methyl sites for hydroxylation is 1. The van der Waals surface area contributed by atoms with Gasteiger partial charge >= 0.3 is 6.03 Å². The van der Waals surface area contributed by atoms with Crippen molar-refractivity contribution in [3.05, 3.63) is 100 Å². The van der Waals surface area contributed by atoms with E-state index in [1.54, 1.807) is 6.26 Å². The molecule has 0 bridgehead atoms. The second-order valence-electron chi connectivity index (χ2n) is 8.48. The van der Waals surface area contributed by atoms with Gasteiger partial charge in [-0.25, -0.2) is 4.79 Å². The molecule has 1 atom stereocenters. The van der Waals surface area contributed by atoms with Crippen LogP contribution in [0.2, 0.25) is 0 Å². The Morgan fingerprint density at radius 1 is 1.03 bits per heavy atom. The van der Waals surface area contributed by atoms with Crippen molar-refractivity contribution >= 4 is 17.4 Å². The van der Waals surface area contributed by atoms with Gasteiger partial charge in [0.25, 0.3) is 0 Å². The third kappa shape index (κ3) is 3.26. The lowest BCUT2D eigenvalue weighted by atomic mass is 9.95. The largest absolute Gasteiger partial charge is 0.467 e. The Balaban J connectivity index is 1.46. The first-order valence-corrected chi connectivity index (χ1v) is 12.0. The Labute approximate surface area is 191 Å². The van der Waals surface area contributed by atoms with Gasteiger partial charge in [0.15, 0.2) is 0 Å². The van der Waals surface area contributed by atoms with Crippen molar-refractivity contribution in [2.45, 2.75) is 44.8 Å². The molecule has 3 aromatic heterocycles. The Morgan fingerprint density at radius 3 is 2.75 bits per heavy atom. The third-order valence-electron chi connectivity index (χ3n) is 6.55. The molecule has 0 radical (unpaired) electrons. The fourth-order valence-electron chi connectivity index (χ4n) is 5.05. The van der Waals surface area contributed by atoms with Crippen molar-refractivity contribution in [3.63, 3.8) is 0 Å². The van der Waals surface area contributed by atoms with Gasteiger partial charge in [0.05, 0.1) is 31.1 Å². The zero-order valence-corrected chi connectivity index (χ0v) is 18.6. The third-order valence-corrected chi connectivity index (χ3v) is 7.88. The molecule has 0 saturated heterocycles. The molecule has 1 aliphatic heterocycles. The second kappa shape index (κ2) is 8.02. The summed E-state index contributed by atoms with van der Waals surface area (Å²) in [6.07, 6.45) is 8.52. The summed E-state index contributed by atoms with van der Waals surface area (Å²) in [5.74, 6) is 0.751. The molecule has 1 aliphatic carbocycles. The van der Waals surface area contributed by atoms with Crippen LogP contribution in [0.1, 0.15) is 51.9 Å². The Bertz CT molecular complexity index is 1240. The maximum Gasteiger partial charge on any atom is 0.318 e. The maximum atomic E-state index is 13.6. The standard InChI is InChI=1S/C26H25N3O2S/c30-26(27-16-19-10-7-15-31-19)29-17-21-20-11-4-5-13-23(20)32-25(21)28-14-6-12-22(28)24(29)18-8-2-1-3-9-18/h1-3,6-10,12,14-15,24H,4-5,11,13,16-17H2,(H,27,30). The van der Waals surface area contributed by atoms with Gasteiger partial charge in [-0.2, -0.15) is 0 Å². The van der Waals surface area contributed by atoms with E-state index in [0.29, 0.717) is 13.1 Å². The highest BCUT2D eigenvalue weighted by Gasteiger charge is 2.35. The van der Waals surface area contributed by atoms with E-state index in [1.807, 2.05) is 46.6 Å². The van der Waals surface area contributed by atoms with E-state index in [4.69, 9.17) is 4.42 Å². The SMILES string of the molecule is O=C(NCc1ccco1)N1Cc2c(sc3c2CCCC3)-n2cccc2C1c1ccccc1. The Hall–Kier alpha value is -3.25. The molecule has 0 saturated carbocycles. The van der Waals surface area contributed by atoms with Crippen LogP contribution < -0.4 is 5.32 Å². The first-order chi connectivity index (χ1) is 15.8. The number of aromatic nitrogens is 1. The number of nitrogens with zero attached hydrogens (tertiary/aromatic N) is 2. The van der Waals surface area contributed by atoms with Gasteiger partial charge in [0, 0.05) is 16.6 Å². The van der Waals surface area contributed by atoms with E-state index in [0.717, 1.165) is 29.9 Å². The first-order valence-electron chi connectivity index (χ1n) is 11.2. The minimum atomic E-state index is -0.165. The average molecular weight is 444 g/mol. The van der Waals surface area contributed by atoms with Gasteiger partial charge in [0.2, 0.25) is 0 Å². The van der Waals surface area contributed by atoms with Gasteiger partial charge in [0.1, 0.15) is 10.8 Å². The number of hydrogen-bond acceptors (Lipinski definition) is 3. The van der Waals surface area contributed by atoms with Crippen LogP contribution in [0.5, 0.6) is 0 Å². The molecule has 1 aromatic carbocycles. The average Bonchev–Trinajstić information content (AvgIpc) is 3.57. The topological polar surface area (TPSA) is 50.4 Å². The molecule has 0 spiro atoms. The number of urea groups is 1. The quantitative estimate of drug-likeness (QED) is 0.433. The van der Waals surface area contributed by atoms with Crippen molar-refractivity contribution in [1.29, 1.82) is 0 Å². The molecular formula is C26H25N3O2S. The van der Waals surface area contributed by atoms with Crippen molar-refractivity contribution in [1.82, 2.24) is 14.8 Å². The Kier molecular flexibility index (Phi) is 4.87. The van der Waals surface area contributed by atoms with Gasteiger partial charge in [-0.05, 0) is 61.1 Å². The molecule has 6 rings (SSSR count). The molecule has 2 amide bonds. The molecule has 5 nitrogen and oxygen atoms in total. The Morgan fingerprint density at radius 2 is 1.91 bits per heavy atom. The summed E-state index contributed by atoms with van der Waals surface area (Å²) in [6, 6.07) is 18.1. The molecular weight excluding hydrogens is 418 g/mol. The highest BCUT2D eigenvalue weighted by molar-refractivity contribution is 7.15. The molecule has 32 heavy (non-hydrogen) atoms. The predicted molar refractivity (Wildman–Crippen MR) is 125 cm³/mol. The fourth-order valence-corrected chi connectivity index (χ4v) is 6.45. The monoisotopic (exact) mass is 443 g/mol. The molecule has 4 aromatic rings. The number of furan rings is 1. The molecule has 1 N–H and O–H groups in total. The smallest absolute Gasteiger partial charge is 0.318 e. The van der Waals surface area contributed by atoms with Gasteiger partial charge in [-0.1, -0.05) is 30.3 Å². The van der Waals surface area contributed by atoms with Gasteiger partial charge < -0.3 is 19.2 Å². The summed E-state index contributed by atoms with van der Waals surface area (Å²) in [7, 11) is 0. The van der Waals surface area contributed by atoms with E-state index in [-0.39, 0.29) is 12.1 Å². The summed E-state index contributed by atoms with van der Waals surface area (Å²) < 4.78 is 7.75. The van der Waals surface area contributed by atoms with Crippen LogP contribution in [0.25, 0.3) is 5.00 Å². The zero-order valence-electron chi connectivity index (χ0n) is 17.8. The van der Waals surface area contributed by atoms with Crippen LogP contribution in [0.3, 0.4) is 0 Å². The number of carbonyl (C=O) groups is 1.